The fraction of sp³-hybridized carbons (Fsp3) is 0.688. The first-order chi connectivity index (χ1) is 9.38. The van der Waals surface area contributed by atoms with Gasteiger partial charge in [0.1, 0.15) is 0 Å². The van der Waals surface area contributed by atoms with E-state index in [9.17, 15) is 0 Å². The van der Waals surface area contributed by atoms with Crippen molar-refractivity contribution in [1.29, 1.82) is 0 Å². The van der Waals surface area contributed by atoms with Gasteiger partial charge in [0.05, 0.1) is 5.02 Å². The van der Waals surface area contributed by atoms with Gasteiger partial charge in [-0.15, -0.1) is 0 Å². The molecule has 0 bridgehead atoms. The summed E-state index contributed by atoms with van der Waals surface area (Å²) in [6.07, 6.45) is 4.77. The van der Waals surface area contributed by atoms with Crippen LogP contribution >= 0.6 is 11.6 Å². The topological polar surface area (TPSA) is 28.2 Å². The van der Waals surface area contributed by atoms with Crippen LogP contribution in [-0.4, -0.2) is 34.6 Å². The molecular formula is C16H26ClN3. The maximum Gasteiger partial charge on any atom is 0.0634 e. The number of halogens is 1. The Balaban J connectivity index is 2.08. The second-order valence-electron chi connectivity index (χ2n) is 6.87. The fourth-order valence-electron chi connectivity index (χ4n) is 2.83. The molecule has 1 atom stereocenters. The van der Waals surface area contributed by atoms with E-state index in [0.29, 0.717) is 6.04 Å². The van der Waals surface area contributed by atoms with Crippen molar-refractivity contribution in [2.75, 3.05) is 13.1 Å². The number of nitrogens with zero attached hydrogens (tertiary/aromatic N) is 2. The van der Waals surface area contributed by atoms with Crippen LogP contribution in [0.2, 0.25) is 5.02 Å². The van der Waals surface area contributed by atoms with Crippen molar-refractivity contribution in [2.45, 2.75) is 52.2 Å². The summed E-state index contributed by atoms with van der Waals surface area (Å²) in [6.45, 7) is 12.1. The Morgan fingerprint density at radius 1 is 1.50 bits per heavy atom. The smallest absolute Gasteiger partial charge is 0.0634 e. The SMILES string of the molecule is CC(C)CC1CN(Cc2ccncc2Cl)C(C)(C)CN1. The molecule has 1 N–H and O–H groups in total. The maximum atomic E-state index is 6.25. The largest absolute Gasteiger partial charge is 0.311 e. The molecule has 0 aliphatic carbocycles. The Hall–Kier alpha value is -0.640. The van der Waals surface area contributed by atoms with Gasteiger partial charge in [0, 0.05) is 43.6 Å². The molecule has 1 fully saturated rings. The highest BCUT2D eigenvalue weighted by atomic mass is 35.5. The molecule has 1 aromatic heterocycles. The lowest BCUT2D eigenvalue weighted by Crippen LogP contribution is -2.61. The molecule has 20 heavy (non-hydrogen) atoms. The summed E-state index contributed by atoms with van der Waals surface area (Å²) in [4.78, 5) is 6.61. The van der Waals surface area contributed by atoms with Crippen LogP contribution in [0, 0.1) is 5.92 Å². The lowest BCUT2D eigenvalue weighted by atomic mass is 9.93. The molecule has 1 saturated heterocycles. The summed E-state index contributed by atoms with van der Waals surface area (Å²) in [5.41, 5.74) is 1.32. The second-order valence-corrected chi connectivity index (χ2v) is 7.27. The molecule has 0 saturated carbocycles. The third kappa shape index (κ3) is 3.94. The number of hydrogen-bond donors (Lipinski definition) is 1. The van der Waals surface area contributed by atoms with E-state index in [2.05, 4.69) is 42.9 Å². The van der Waals surface area contributed by atoms with Crippen LogP contribution in [0.25, 0.3) is 0 Å². The van der Waals surface area contributed by atoms with E-state index in [-0.39, 0.29) is 5.54 Å². The van der Waals surface area contributed by atoms with E-state index in [4.69, 9.17) is 11.6 Å². The summed E-state index contributed by atoms with van der Waals surface area (Å²) in [6, 6.07) is 2.60. The molecule has 0 amide bonds. The molecule has 1 aliphatic heterocycles. The highest BCUT2D eigenvalue weighted by molar-refractivity contribution is 6.31. The molecular weight excluding hydrogens is 270 g/mol. The van der Waals surface area contributed by atoms with Gasteiger partial charge in [-0.05, 0) is 37.8 Å². The van der Waals surface area contributed by atoms with Gasteiger partial charge in [-0.25, -0.2) is 0 Å². The van der Waals surface area contributed by atoms with Crippen molar-refractivity contribution in [2.24, 2.45) is 5.92 Å². The number of rotatable bonds is 4. The monoisotopic (exact) mass is 295 g/mol. The number of aromatic nitrogens is 1. The first kappa shape index (κ1) is 15.7. The normalized spacial score (nSPS) is 23.2. The van der Waals surface area contributed by atoms with Crippen molar-refractivity contribution in [3.63, 3.8) is 0 Å². The number of hydrogen-bond acceptors (Lipinski definition) is 3. The van der Waals surface area contributed by atoms with Gasteiger partial charge in [0.15, 0.2) is 0 Å². The van der Waals surface area contributed by atoms with Crippen molar-refractivity contribution < 1.29 is 0 Å². The summed E-state index contributed by atoms with van der Waals surface area (Å²) in [5, 5.41) is 4.45. The second kappa shape index (κ2) is 6.42. The van der Waals surface area contributed by atoms with E-state index in [0.717, 1.165) is 30.6 Å². The Labute approximate surface area is 127 Å². The van der Waals surface area contributed by atoms with Crippen molar-refractivity contribution >= 4 is 11.6 Å². The number of pyridine rings is 1. The molecule has 1 unspecified atom stereocenters. The third-order valence-electron chi connectivity index (χ3n) is 4.09. The standard InChI is InChI=1S/C16H26ClN3/c1-12(2)7-14-10-20(16(3,4)11-19-14)9-13-5-6-18-8-15(13)17/h5-6,8,12,14,19H,7,9-11H2,1-4H3. The van der Waals surface area contributed by atoms with Crippen molar-refractivity contribution in [1.82, 2.24) is 15.2 Å². The van der Waals surface area contributed by atoms with E-state index in [1.165, 1.54) is 12.0 Å². The molecule has 0 aromatic carbocycles. The maximum absolute atomic E-state index is 6.25. The molecule has 0 radical (unpaired) electrons. The van der Waals surface area contributed by atoms with Crippen LogP contribution in [0.3, 0.4) is 0 Å². The van der Waals surface area contributed by atoms with E-state index in [1.807, 2.05) is 12.3 Å². The Bertz CT molecular complexity index is 445. The fourth-order valence-corrected chi connectivity index (χ4v) is 3.01. The third-order valence-corrected chi connectivity index (χ3v) is 4.43. The van der Waals surface area contributed by atoms with Gasteiger partial charge in [-0.2, -0.15) is 0 Å². The zero-order chi connectivity index (χ0) is 14.8. The average molecular weight is 296 g/mol. The minimum Gasteiger partial charge on any atom is -0.311 e. The van der Waals surface area contributed by atoms with Crippen LogP contribution in [0.5, 0.6) is 0 Å². The molecule has 4 heteroatoms. The average Bonchev–Trinajstić information content (AvgIpc) is 2.36. The first-order valence-electron chi connectivity index (χ1n) is 7.45. The van der Waals surface area contributed by atoms with Crippen LogP contribution in [-0.2, 0) is 6.54 Å². The van der Waals surface area contributed by atoms with Gasteiger partial charge in [0.25, 0.3) is 0 Å². The summed E-state index contributed by atoms with van der Waals surface area (Å²) in [7, 11) is 0. The molecule has 0 spiro atoms. The van der Waals surface area contributed by atoms with Crippen molar-refractivity contribution in [3.05, 3.63) is 29.0 Å². The zero-order valence-electron chi connectivity index (χ0n) is 13.0. The molecule has 1 aliphatic rings. The van der Waals surface area contributed by atoms with Gasteiger partial charge in [-0.1, -0.05) is 25.4 Å². The van der Waals surface area contributed by atoms with Crippen LogP contribution in [0.1, 0.15) is 39.7 Å². The molecule has 2 rings (SSSR count). The molecule has 3 nitrogen and oxygen atoms in total. The van der Waals surface area contributed by atoms with Crippen LogP contribution < -0.4 is 5.32 Å². The van der Waals surface area contributed by atoms with Gasteiger partial charge in [-0.3, -0.25) is 9.88 Å². The summed E-state index contributed by atoms with van der Waals surface area (Å²) >= 11 is 6.25. The van der Waals surface area contributed by atoms with Gasteiger partial charge < -0.3 is 5.32 Å². The van der Waals surface area contributed by atoms with Crippen LogP contribution in [0.4, 0.5) is 0 Å². The summed E-state index contributed by atoms with van der Waals surface area (Å²) in [5.74, 6) is 0.722. The molecule has 112 valence electrons. The quantitative estimate of drug-likeness (QED) is 0.923. The first-order valence-corrected chi connectivity index (χ1v) is 7.83. The molecule has 1 aromatic rings. The minimum absolute atomic E-state index is 0.153. The number of piperazine rings is 1. The number of nitrogens with one attached hydrogen (secondary N) is 1. The van der Waals surface area contributed by atoms with E-state index < -0.39 is 0 Å². The lowest BCUT2D eigenvalue weighted by molar-refractivity contribution is 0.0536. The summed E-state index contributed by atoms with van der Waals surface area (Å²) < 4.78 is 0. The van der Waals surface area contributed by atoms with Gasteiger partial charge >= 0.3 is 0 Å². The Kier molecular flexibility index (Phi) is 5.05. The Morgan fingerprint density at radius 3 is 2.90 bits per heavy atom. The lowest BCUT2D eigenvalue weighted by Gasteiger charge is -2.46. The van der Waals surface area contributed by atoms with Crippen LogP contribution in [0.15, 0.2) is 18.5 Å². The molecule has 2 heterocycles. The van der Waals surface area contributed by atoms with Gasteiger partial charge in [0.2, 0.25) is 0 Å². The van der Waals surface area contributed by atoms with E-state index >= 15 is 0 Å². The predicted octanol–water partition coefficient (Wildman–Crippen LogP) is 3.33. The highest BCUT2D eigenvalue weighted by Gasteiger charge is 2.34. The predicted molar refractivity (Wildman–Crippen MR) is 85.0 cm³/mol. The van der Waals surface area contributed by atoms with Crippen molar-refractivity contribution in [3.8, 4) is 0 Å². The minimum atomic E-state index is 0.153. The zero-order valence-corrected chi connectivity index (χ0v) is 13.7. The highest BCUT2D eigenvalue weighted by Crippen LogP contribution is 2.25. The Morgan fingerprint density at radius 2 is 2.25 bits per heavy atom. The van der Waals surface area contributed by atoms with E-state index in [1.54, 1.807) is 6.20 Å².